The van der Waals surface area contributed by atoms with Gasteiger partial charge in [-0.05, 0) is 61.9 Å². The van der Waals surface area contributed by atoms with Crippen LogP contribution < -0.4 is 5.32 Å². The van der Waals surface area contributed by atoms with Gasteiger partial charge in [-0.15, -0.1) is 0 Å². The maximum atomic E-state index is 12.4. The van der Waals surface area contributed by atoms with E-state index in [-0.39, 0.29) is 5.91 Å². The predicted octanol–water partition coefficient (Wildman–Crippen LogP) is 6.02. The van der Waals surface area contributed by atoms with E-state index in [1.165, 1.54) is 5.56 Å². The molecule has 0 fully saturated rings. The molecule has 1 heterocycles. The van der Waals surface area contributed by atoms with E-state index >= 15 is 0 Å². The van der Waals surface area contributed by atoms with Crippen LogP contribution in [-0.4, -0.2) is 10.9 Å². The number of hydrogen-bond acceptors (Lipinski definition) is 3. The first-order chi connectivity index (χ1) is 13.0. The number of benzene rings is 3. The van der Waals surface area contributed by atoms with Crippen molar-refractivity contribution in [3.8, 4) is 11.5 Å². The van der Waals surface area contributed by atoms with Crippen molar-refractivity contribution in [2.75, 3.05) is 5.32 Å². The molecule has 1 amide bonds. The quantitative estimate of drug-likeness (QED) is 0.475. The zero-order valence-electron chi connectivity index (χ0n) is 14.9. The van der Waals surface area contributed by atoms with Crippen LogP contribution in [0.5, 0.6) is 0 Å². The highest BCUT2D eigenvalue weighted by Gasteiger charge is 2.12. The van der Waals surface area contributed by atoms with Gasteiger partial charge in [0.1, 0.15) is 5.52 Å². The minimum Gasteiger partial charge on any atom is -0.436 e. The van der Waals surface area contributed by atoms with Crippen LogP contribution in [0.2, 0.25) is 5.02 Å². The van der Waals surface area contributed by atoms with Crippen molar-refractivity contribution in [1.29, 1.82) is 0 Å². The van der Waals surface area contributed by atoms with Crippen LogP contribution in [0.3, 0.4) is 0 Å². The molecule has 5 heteroatoms. The second-order valence-electron chi connectivity index (χ2n) is 6.48. The number of fused-ring (bicyclic) bond motifs is 1. The van der Waals surface area contributed by atoms with Crippen molar-refractivity contribution in [3.05, 3.63) is 82.4 Å². The average Bonchev–Trinajstić information content (AvgIpc) is 3.04. The molecule has 4 rings (SSSR count). The smallest absolute Gasteiger partial charge is 0.255 e. The van der Waals surface area contributed by atoms with Crippen molar-refractivity contribution in [2.24, 2.45) is 0 Å². The van der Waals surface area contributed by atoms with E-state index in [1.807, 2.05) is 25.1 Å². The highest BCUT2D eigenvalue weighted by Crippen LogP contribution is 2.29. The van der Waals surface area contributed by atoms with E-state index < -0.39 is 0 Å². The van der Waals surface area contributed by atoms with Crippen LogP contribution >= 0.6 is 11.6 Å². The van der Waals surface area contributed by atoms with Crippen LogP contribution in [0.15, 0.2) is 65.1 Å². The van der Waals surface area contributed by atoms with Crippen molar-refractivity contribution in [3.63, 3.8) is 0 Å². The fourth-order valence-corrected chi connectivity index (χ4v) is 3.20. The Hall–Kier alpha value is -3.11. The zero-order valence-corrected chi connectivity index (χ0v) is 15.7. The summed E-state index contributed by atoms with van der Waals surface area (Å²) in [5.41, 5.74) is 5.77. The molecule has 134 valence electrons. The van der Waals surface area contributed by atoms with Crippen molar-refractivity contribution >= 4 is 34.3 Å². The molecule has 4 nitrogen and oxygen atoms in total. The lowest BCUT2D eigenvalue weighted by atomic mass is 10.1. The maximum absolute atomic E-state index is 12.4. The topological polar surface area (TPSA) is 55.1 Å². The summed E-state index contributed by atoms with van der Waals surface area (Å²) in [5, 5.41) is 3.39. The van der Waals surface area contributed by atoms with Gasteiger partial charge in [0.15, 0.2) is 5.58 Å². The number of carbonyl (C=O) groups excluding carboxylic acids is 1. The number of anilines is 1. The Labute approximate surface area is 161 Å². The Kier molecular flexibility index (Phi) is 4.42. The van der Waals surface area contributed by atoms with Gasteiger partial charge in [0, 0.05) is 21.8 Å². The number of carbonyl (C=O) groups is 1. The third kappa shape index (κ3) is 3.57. The normalized spacial score (nSPS) is 10.9. The number of aromatic nitrogens is 1. The molecule has 1 N–H and O–H groups in total. The lowest BCUT2D eigenvalue weighted by Crippen LogP contribution is -2.11. The van der Waals surface area contributed by atoms with E-state index in [1.54, 1.807) is 36.4 Å². The molecular weight excluding hydrogens is 360 g/mol. The SMILES string of the molecule is Cc1ccc(-c2nc3cc(NC(=O)c4cccc(Cl)c4)ccc3o2)c(C)c1. The fourth-order valence-electron chi connectivity index (χ4n) is 3.01. The number of nitrogens with one attached hydrogen (secondary N) is 1. The van der Waals surface area contributed by atoms with Crippen LogP contribution in [0.1, 0.15) is 21.5 Å². The Morgan fingerprint density at radius 2 is 1.89 bits per heavy atom. The van der Waals surface area contributed by atoms with Gasteiger partial charge in [-0.25, -0.2) is 4.98 Å². The zero-order chi connectivity index (χ0) is 19.0. The van der Waals surface area contributed by atoms with E-state index in [2.05, 4.69) is 23.3 Å². The monoisotopic (exact) mass is 376 g/mol. The first kappa shape index (κ1) is 17.3. The van der Waals surface area contributed by atoms with E-state index in [0.717, 1.165) is 11.1 Å². The Bertz CT molecular complexity index is 1160. The Morgan fingerprint density at radius 3 is 2.67 bits per heavy atom. The highest BCUT2D eigenvalue weighted by molar-refractivity contribution is 6.31. The lowest BCUT2D eigenvalue weighted by molar-refractivity contribution is 0.102. The molecule has 3 aromatic carbocycles. The third-order valence-corrected chi connectivity index (χ3v) is 4.58. The molecule has 0 aliphatic heterocycles. The number of aryl methyl sites for hydroxylation is 2. The molecule has 0 saturated carbocycles. The Balaban J connectivity index is 1.64. The second kappa shape index (κ2) is 6.89. The first-order valence-electron chi connectivity index (χ1n) is 8.55. The third-order valence-electron chi connectivity index (χ3n) is 4.34. The van der Waals surface area contributed by atoms with Gasteiger partial charge in [0.25, 0.3) is 5.91 Å². The summed E-state index contributed by atoms with van der Waals surface area (Å²) in [5.74, 6) is 0.343. The van der Waals surface area contributed by atoms with Crippen LogP contribution in [0.4, 0.5) is 5.69 Å². The fraction of sp³-hybridized carbons (Fsp3) is 0.0909. The van der Waals surface area contributed by atoms with Crippen molar-refractivity contribution < 1.29 is 9.21 Å². The molecule has 0 spiro atoms. The van der Waals surface area contributed by atoms with Gasteiger partial charge in [0.2, 0.25) is 5.89 Å². The molecule has 0 atom stereocenters. The number of rotatable bonds is 3. The minimum absolute atomic E-state index is 0.227. The van der Waals surface area contributed by atoms with Gasteiger partial charge in [-0.3, -0.25) is 4.79 Å². The molecule has 0 aliphatic rings. The summed E-state index contributed by atoms with van der Waals surface area (Å²) >= 11 is 5.95. The van der Waals surface area contributed by atoms with Gasteiger partial charge < -0.3 is 9.73 Å². The number of oxazole rings is 1. The summed E-state index contributed by atoms with van der Waals surface area (Å²) in [6.45, 7) is 4.09. The molecule has 0 radical (unpaired) electrons. The van der Waals surface area contributed by atoms with E-state index in [9.17, 15) is 4.79 Å². The summed E-state index contributed by atoms with van der Waals surface area (Å²) in [6, 6.07) is 18.4. The molecule has 1 aromatic heterocycles. The Morgan fingerprint density at radius 1 is 1.04 bits per heavy atom. The van der Waals surface area contributed by atoms with E-state index in [4.69, 9.17) is 16.0 Å². The molecule has 27 heavy (non-hydrogen) atoms. The summed E-state index contributed by atoms with van der Waals surface area (Å²) in [7, 11) is 0. The van der Waals surface area contributed by atoms with Crippen LogP contribution in [-0.2, 0) is 0 Å². The maximum Gasteiger partial charge on any atom is 0.255 e. The first-order valence-corrected chi connectivity index (χ1v) is 8.92. The molecular formula is C22H17ClN2O2. The van der Waals surface area contributed by atoms with Crippen molar-refractivity contribution in [2.45, 2.75) is 13.8 Å². The van der Waals surface area contributed by atoms with Gasteiger partial charge in [0.05, 0.1) is 0 Å². The van der Waals surface area contributed by atoms with E-state index in [0.29, 0.717) is 33.3 Å². The van der Waals surface area contributed by atoms with Gasteiger partial charge >= 0.3 is 0 Å². The molecule has 0 aliphatic carbocycles. The molecule has 0 unspecified atom stereocenters. The highest BCUT2D eigenvalue weighted by atomic mass is 35.5. The van der Waals surface area contributed by atoms with Crippen molar-refractivity contribution in [1.82, 2.24) is 4.98 Å². The molecule has 0 saturated heterocycles. The number of halogens is 1. The standard InChI is InChI=1S/C22H17ClN2O2/c1-13-6-8-18(14(2)10-13)22-25-19-12-17(7-9-20(19)27-22)24-21(26)15-4-3-5-16(23)11-15/h3-12H,1-2H3,(H,24,26). The number of amides is 1. The second-order valence-corrected chi connectivity index (χ2v) is 6.92. The predicted molar refractivity (Wildman–Crippen MR) is 108 cm³/mol. The molecule has 0 bridgehead atoms. The number of nitrogens with zero attached hydrogens (tertiary/aromatic N) is 1. The summed E-state index contributed by atoms with van der Waals surface area (Å²) in [4.78, 5) is 17.0. The minimum atomic E-state index is -0.227. The lowest BCUT2D eigenvalue weighted by Gasteiger charge is -2.05. The largest absolute Gasteiger partial charge is 0.436 e. The van der Waals surface area contributed by atoms with Gasteiger partial charge in [-0.2, -0.15) is 0 Å². The average molecular weight is 377 g/mol. The van der Waals surface area contributed by atoms with Crippen LogP contribution in [0, 0.1) is 13.8 Å². The number of hydrogen-bond donors (Lipinski definition) is 1. The molecule has 4 aromatic rings. The summed E-state index contributed by atoms with van der Waals surface area (Å²) < 4.78 is 5.89. The van der Waals surface area contributed by atoms with Gasteiger partial charge in [-0.1, -0.05) is 35.4 Å². The van der Waals surface area contributed by atoms with Crippen LogP contribution in [0.25, 0.3) is 22.6 Å². The summed E-state index contributed by atoms with van der Waals surface area (Å²) in [6.07, 6.45) is 0.